The van der Waals surface area contributed by atoms with Crippen LogP contribution < -0.4 is 10.6 Å². The van der Waals surface area contributed by atoms with Crippen LogP contribution >= 0.6 is 11.8 Å². The Morgan fingerprint density at radius 3 is 2.57 bits per heavy atom. The number of thioether (sulfide) groups is 1. The fourth-order valence-electron chi connectivity index (χ4n) is 1.75. The summed E-state index contributed by atoms with van der Waals surface area (Å²) in [5.74, 6) is 0.315. The molecule has 2 rings (SSSR count). The first-order valence-electron chi connectivity index (χ1n) is 6.54. The van der Waals surface area contributed by atoms with Gasteiger partial charge in [0.1, 0.15) is 0 Å². The molecule has 2 aromatic heterocycles. The Hall–Kier alpha value is -2.09. The molecule has 0 aromatic carbocycles. The van der Waals surface area contributed by atoms with Gasteiger partial charge >= 0.3 is 0 Å². The van der Waals surface area contributed by atoms with Gasteiger partial charge in [-0.05, 0) is 13.2 Å². The third-order valence-electron chi connectivity index (χ3n) is 2.90. The Morgan fingerprint density at radius 1 is 1.29 bits per heavy atom. The Labute approximate surface area is 127 Å². The SMILES string of the molecule is CCNc1ncc(C(=O)NCc2cnc(SC)n2C)cn1. The molecule has 2 heterocycles. The Balaban J connectivity index is 1.96. The zero-order chi connectivity index (χ0) is 15.2. The number of carbonyl (C=O) groups excluding carboxylic acids is 1. The molecule has 0 saturated heterocycles. The van der Waals surface area contributed by atoms with E-state index in [1.165, 1.54) is 12.4 Å². The maximum Gasteiger partial charge on any atom is 0.254 e. The molecule has 8 heteroatoms. The highest BCUT2D eigenvalue weighted by Crippen LogP contribution is 2.13. The van der Waals surface area contributed by atoms with Gasteiger partial charge in [0.05, 0.1) is 24.0 Å². The molecule has 0 saturated carbocycles. The normalized spacial score (nSPS) is 10.4. The second-order valence-electron chi connectivity index (χ2n) is 4.30. The number of hydrogen-bond acceptors (Lipinski definition) is 6. The number of carbonyl (C=O) groups is 1. The quantitative estimate of drug-likeness (QED) is 0.782. The standard InChI is InChI=1S/C13H18N6OS/c1-4-14-12-16-5-9(6-17-12)11(20)15-7-10-8-18-13(21-3)19(10)2/h5-6,8H,4,7H2,1-3H3,(H,15,20)(H,14,16,17). The lowest BCUT2D eigenvalue weighted by molar-refractivity contribution is 0.0949. The summed E-state index contributed by atoms with van der Waals surface area (Å²) in [7, 11) is 1.93. The van der Waals surface area contributed by atoms with Crippen molar-refractivity contribution in [2.24, 2.45) is 7.05 Å². The third-order valence-corrected chi connectivity index (χ3v) is 3.65. The summed E-state index contributed by atoms with van der Waals surface area (Å²) in [6.07, 6.45) is 6.75. The first-order chi connectivity index (χ1) is 10.2. The molecule has 0 aliphatic rings. The Bertz CT molecular complexity index is 610. The van der Waals surface area contributed by atoms with Crippen LogP contribution in [-0.4, -0.2) is 38.2 Å². The molecule has 0 radical (unpaired) electrons. The fraction of sp³-hybridized carbons (Fsp3) is 0.385. The fourth-order valence-corrected chi connectivity index (χ4v) is 2.30. The molecule has 0 bridgehead atoms. The number of hydrogen-bond donors (Lipinski definition) is 2. The maximum absolute atomic E-state index is 12.0. The van der Waals surface area contributed by atoms with Crippen LogP contribution in [0.2, 0.25) is 0 Å². The zero-order valence-electron chi connectivity index (χ0n) is 12.3. The van der Waals surface area contributed by atoms with Crippen LogP contribution in [0.5, 0.6) is 0 Å². The lowest BCUT2D eigenvalue weighted by atomic mass is 10.3. The minimum Gasteiger partial charge on any atom is -0.355 e. The number of amides is 1. The number of nitrogens with zero attached hydrogens (tertiary/aromatic N) is 4. The molecule has 0 unspecified atom stereocenters. The predicted molar refractivity (Wildman–Crippen MR) is 82.4 cm³/mol. The van der Waals surface area contributed by atoms with Gasteiger partial charge in [-0.25, -0.2) is 15.0 Å². The smallest absolute Gasteiger partial charge is 0.254 e. The number of anilines is 1. The molecular formula is C13H18N6OS. The third kappa shape index (κ3) is 3.72. The first kappa shape index (κ1) is 15.3. The van der Waals surface area contributed by atoms with Crippen LogP contribution in [0.4, 0.5) is 5.95 Å². The van der Waals surface area contributed by atoms with E-state index in [0.717, 1.165) is 17.4 Å². The summed E-state index contributed by atoms with van der Waals surface area (Å²) in [6, 6.07) is 0. The molecule has 21 heavy (non-hydrogen) atoms. The van der Waals surface area contributed by atoms with E-state index in [0.29, 0.717) is 18.1 Å². The van der Waals surface area contributed by atoms with Crippen molar-refractivity contribution in [3.8, 4) is 0 Å². The summed E-state index contributed by atoms with van der Waals surface area (Å²) in [4.78, 5) is 24.4. The van der Waals surface area contributed by atoms with E-state index in [1.807, 2.05) is 24.8 Å². The van der Waals surface area contributed by atoms with Gasteiger partial charge in [0.15, 0.2) is 5.16 Å². The highest BCUT2D eigenvalue weighted by Gasteiger charge is 2.09. The van der Waals surface area contributed by atoms with E-state index in [1.54, 1.807) is 18.0 Å². The van der Waals surface area contributed by atoms with E-state index in [4.69, 9.17) is 0 Å². The average molecular weight is 306 g/mol. The highest BCUT2D eigenvalue weighted by atomic mass is 32.2. The molecule has 1 amide bonds. The van der Waals surface area contributed by atoms with Gasteiger partial charge < -0.3 is 15.2 Å². The van der Waals surface area contributed by atoms with Crippen LogP contribution in [0, 0.1) is 0 Å². The van der Waals surface area contributed by atoms with E-state index >= 15 is 0 Å². The van der Waals surface area contributed by atoms with Gasteiger partial charge in [-0.15, -0.1) is 0 Å². The van der Waals surface area contributed by atoms with Gasteiger partial charge in [-0.1, -0.05) is 11.8 Å². The van der Waals surface area contributed by atoms with Gasteiger partial charge in [-0.3, -0.25) is 4.79 Å². The zero-order valence-corrected chi connectivity index (χ0v) is 13.1. The second kappa shape index (κ2) is 7.07. The minimum atomic E-state index is -0.204. The first-order valence-corrected chi connectivity index (χ1v) is 7.76. The monoisotopic (exact) mass is 306 g/mol. The molecular weight excluding hydrogens is 288 g/mol. The maximum atomic E-state index is 12.0. The number of rotatable bonds is 6. The largest absolute Gasteiger partial charge is 0.355 e. The summed E-state index contributed by atoms with van der Waals surface area (Å²) >= 11 is 1.57. The van der Waals surface area contributed by atoms with Crippen molar-refractivity contribution in [2.75, 3.05) is 18.1 Å². The molecule has 2 aromatic rings. The van der Waals surface area contributed by atoms with Crippen molar-refractivity contribution < 1.29 is 4.79 Å². The lowest BCUT2D eigenvalue weighted by Crippen LogP contribution is -2.24. The van der Waals surface area contributed by atoms with Gasteiger partial charge in [0.25, 0.3) is 5.91 Å². The highest BCUT2D eigenvalue weighted by molar-refractivity contribution is 7.98. The van der Waals surface area contributed by atoms with Crippen LogP contribution in [-0.2, 0) is 13.6 Å². The number of imidazole rings is 1. The molecule has 0 spiro atoms. The second-order valence-corrected chi connectivity index (χ2v) is 5.08. The lowest BCUT2D eigenvalue weighted by Gasteiger charge is -2.07. The van der Waals surface area contributed by atoms with Crippen molar-refractivity contribution >= 4 is 23.6 Å². The molecule has 0 aliphatic carbocycles. The summed E-state index contributed by atoms with van der Waals surface area (Å²) in [6.45, 7) is 3.11. The summed E-state index contributed by atoms with van der Waals surface area (Å²) < 4.78 is 1.95. The molecule has 0 fully saturated rings. The number of aromatic nitrogens is 4. The summed E-state index contributed by atoms with van der Waals surface area (Å²) in [5.41, 5.74) is 1.38. The Kier molecular flexibility index (Phi) is 5.15. The van der Waals surface area contributed by atoms with Crippen molar-refractivity contribution in [3.63, 3.8) is 0 Å². The molecule has 0 aliphatic heterocycles. The summed E-state index contributed by atoms with van der Waals surface area (Å²) in [5, 5.41) is 6.73. The van der Waals surface area contributed by atoms with Crippen LogP contribution in [0.3, 0.4) is 0 Å². The minimum absolute atomic E-state index is 0.204. The molecule has 112 valence electrons. The molecule has 7 nitrogen and oxygen atoms in total. The topological polar surface area (TPSA) is 84.7 Å². The van der Waals surface area contributed by atoms with Crippen molar-refractivity contribution in [2.45, 2.75) is 18.6 Å². The van der Waals surface area contributed by atoms with Crippen molar-refractivity contribution in [1.29, 1.82) is 0 Å². The molecule has 0 atom stereocenters. The van der Waals surface area contributed by atoms with Gasteiger partial charge in [-0.2, -0.15) is 0 Å². The average Bonchev–Trinajstić information content (AvgIpc) is 2.86. The van der Waals surface area contributed by atoms with E-state index in [-0.39, 0.29) is 5.91 Å². The van der Waals surface area contributed by atoms with E-state index in [2.05, 4.69) is 25.6 Å². The van der Waals surface area contributed by atoms with Gasteiger partial charge in [0, 0.05) is 26.0 Å². The number of nitrogens with one attached hydrogen (secondary N) is 2. The van der Waals surface area contributed by atoms with E-state index in [9.17, 15) is 4.79 Å². The Morgan fingerprint density at radius 2 is 2.00 bits per heavy atom. The van der Waals surface area contributed by atoms with Crippen molar-refractivity contribution in [3.05, 3.63) is 29.8 Å². The predicted octanol–water partition coefficient (Wildman–Crippen LogP) is 1.29. The van der Waals surface area contributed by atoms with Crippen LogP contribution in [0.25, 0.3) is 0 Å². The van der Waals surface area contributed by atoms with Crippen LogP contribution in [0.15, 0.2) is 23.7 Å². The van der Waals surface area contributed by atoms with Gasteiger partial charge in [0.2, 0.25) is 5.95 Å². The van der Waals surface area contributed by atoms with Crippen molar-refractivity contribution in [1.82, 2.24) is 24.8 Å². The van der Waals surface area contributed by atoms with Crippen LogP contribution in [0.1, 0.15) is 23.0 Å². The molecule has 2 N–H and O–H groups in total. The van der Waals surface area contributed by atoms with E-state index < -0.39 is 0 Å².